The number of aromatic amines is 1. The number of likely N-dealkylation sites (N-methyl/N-ethyl adjacent to an activating group) is 1. The zero-order chi connectivity index (χ0) is 16.3. The van der Waals surface area contributed by atoms with Crippen molar-refractivity contribution in [3.63, 3.8) is 0 Å². The van der Waals surface area contributed by atoms with Crippen LogP contribution in [0.5, 0.6) is 5.75 Å². The van der Waals surface area contributed by atoms with E-state index in [9.17, 15) is 9.90 Å². The van der Waals surface area contributed by atoms with Gasteiger partial charge in [0.2, 0.25) is 0 Å². The minimum absolute atomic E-state index is 0.0888. The van der Waals surface area contributed by atoms with Gasteiger partial charge in [-0.3, -0.25) is 4.79 Å². The number of benzene rings is 1. The Hall–Kier alpha value is -2.34. The first-order valence-electron chi connectivity index (χ1n) is 7.07. The molecule has 0 spiro atoms. The summed E-state index contributed by atoms with van der Waals surface area (Å²) in [6.07, 6.45) is 0. The first-order valence-corrected chi connectivity index (χ1v) is 7.07. The summed E-state index contributed by atoms with van der Waals surface area (Å²) in [5, 5.41) is 9.18. The fourth-order valence-electron chi connectivity index (χ4n) is 2.07. The van der Waals surface area contributed by atoms with Gasteiger partial charge in [0.05, 0.1) is 19.8 Å². The molecule has 2 aromatic rings. The van der Waals surface area contributed by atoms with Crippen molar-refractivity contribution in [3.8, 4) is 17.1 Å². The second-order valence-corrected chi connectivity index (χ2v) is 5.24. The van der Waals surface area contributed by atoms with Crippen molar-refractivity contribution in [3.05, 3.63) is 35.7 Å². The number of aromatic nitrogens is 2. The highest BCUT2D eigenvalue weighted by molar-refractivity contribution is 5.94. The van der Waals surface area contributed by atoms with E-state index < -0.39 is 0 Å². The lowest BCUT2D eigenvalue weighted by Gasteiger charge is -2.22. The smallest absolute Gasteiger partial charge is 0.274 e. The first-order chi connectivity index (χ1) is 10.5. The van der Waals surface area contributed by atoms with Gasteiger partial charge in [-0.25, -0.2) is 4.98 Å². The number of aryl methyl sites for hydroxylation is 1. The third-order valence-corrected chi connectivity index (χ3v) is 3.68. The highest BCUT2D eigenvalue weighted by Gasteiger charge is 2.22. The van der Waals surface area contributed by atoms with Crippen LogP contribution in [0.15, 0.2) is 24.3 Å². The lowest BCUT2D eigenvalue weighted by molar-refractivity contribution is 0.0676. The van der Waals surface area contributed by atoms with Crippen LogP contribution in [0.1, 0.15) is 23.1 Å². The Labute approximate surface area is 129 Å². The summed E-state index contributed by atoms with van der Waals surface area (Å²) in [5.74, 6) is 1.12. The maximum Gasteiger partial charge on any atom is 0.274 e. The molecule has 6 heteroatoms. The van der Waals surface area contributed by atoms with Gasteiger partial charge in [0, 0.05) is 18.3 Å². The molecule has 2 N–H and O–H groups in total. The molecule has 0 aliphatic rings. The van der Waals surface area contributed by atoms with Crippen LogP contribution in [0.25, 0.3) is 11.4 Å². The molecular weight excluding hydrogens is 282 g/mol. The molecule has 22 heavy (non-hydrogen) atoms. The summed E-state index contributed by atoms with van der Waals surface area (Å²) >= 11 is 0. The number of amides is 1. The predicted octanol–water partition coefficient (Wildman–Crippen LogP) is 1.85. The molecule has 1 heterocycles. The molecule has 0 aliphatic carbocycles. The fraction of sp³-hybridized carbons (Fsp3) is 0.375. The Kier molecular flexibility index (Phi) is 4.82. The normalized spacial score (nSPS) is 12.0. The van der Waals surface area contributed by atoms with E-state index >= 15 is 0 Å². The number of H-pyrrole nitrogens is 1. The number of nitrogens with zero attached hydrogens (tertiary/aromatic N) is 2. The molecule has 0 saturated carbocycles. The fourth-order valence-corrected chi connectivity index (χ4v) is 2.07. The Morgan fingerprint density at radius 2 is 2.23 bits per heavy atom. The van der Waals surface area contributed by atoms with Crippen molar-refractivity contribution in [1.82, 2.24) is 14.9 Å². The quantitative estimate of drug-likeness (QED) is 0.883. The molecule has 1 aromatic carbocycles. The minimum Gasteiger partial charge on any atom is -0.497 e. The molecule has 0 radical (unpaired) electrons. The maximum absolute atomic E-state index is 12.4. The SMILES string of the molecule is COc1cccc(-c2nc(C(=O)N(C)C(C)CO)c(C)[nH]2)c1. The van der Waals surface area contributed by atoms with E-state index in [1.807, 2.05) is 24.3 Å². The summed E-state index contributed by atoms with van der Waals surface area (Å²) in [7, 11) is 3.26. The van der Waals surface area contributed by atoms with Crippen LogP contribution >= 0.6 is 0 Å². The number of rotatable bonds is 5. The molecule has 0 aliphatic heterocycles. The summed E-state index contributed by atoms with van der Waals surface area (Å²) in [6.45, 7) is 3.50. The number of methoxy groups -OCH3 is 1. The molecule has 2 rings (SSSR count). The van der Waals surface area contributed by atoms with Gasteiger partial charge in [-0.05, 0) is 26.0 Å². The van der Waals surface area contributed by atoms with Crippen molar-refractivity contribution >= 4 is 5.91 Å². The highest BCUT2D eigenvalue weighted by atomic mass is 16.5. The van der Waals surface area contributed by atoms with Gasteiger partial charge in [0.15, 0.2) is 0 Å². The average molecular weight is 303 g/mol. The van der Waals surface area contributed by atoms with Gasteiger partial charge in [-0.1, -0.05) is 12.1 Å². The van der Waals surface area contributed by atoms with Crippen molar-refractivity contribution in [2.75, 3.05) is 20.8 Å². The Morgan fingerprint density at radius 3 is 2.86 bits per heavy atom. The minimum atomic E-state index is -0.260. The van der Waals surface area contributed by atoms with Gasteiger partial charge < -0.3 is 19.7 Å². The zero-order valence-corrected chi connectivity index (χ0v) is 13.3. The number of ether oxygens (including phenoxy) is 1. The van der Waals surface area contributed by atoms with Crippen LogP contribution in [-0.4, -0.2) is 52.7 Å². The van der Waals surface area contributed by atoms with Gasteiger partial charge in [0.1, 0.15) is 17.3 Å². The lowest BCUT2D eigenvalue weighted by atomic mass is 10.2. The van der Waals surface area contributed by atoms with E-state index in [0.717, 1.165) is 11.3 Å². The van der Waals surface area contributed by atoms with E-state index in [4.69, 9.17) is 4.74 Å². The molecular formula is C16H21N3O3. The van der Waals surface area contributed by atoms with E-state index in [2.05, 4.69) is 9.97 Å². The number of carbonyl (C=O) groups excluding carboxylic acids is 1. The van der Waals surface area contributed by atoms with E-state index in [-0.39, 0.29) is 18.6 Å². The Morgan fingerprint density at radius 1 is 1.50 bits per heavy atom. The average Bonchev–Trinajstić information content (AvgIpc) is 2.94. The number of carbonyl (C=O) groups is 1. The van der Waals surface area contributed by atoms with Crippen molar-refractivity contribution in [2.45, 2.75) is 19.9 Å². The largest absolute Gasteiger partial charge is 0.497 e. The number of aliphatic hydroxyl groups is 1. The van der Waals surface area contributed by atoms with Crippen molar-refractivity contribution in [1.29, 1.82) is 0 Å². The topological polar surface area (TPSA) is 78.4 Å². The third kappa shape index (κ3) is 3.12. The van der Waals surface area contributed by atoms with Gasteiger partial charge in [0.25, 0.3) is 5.91 Å². The van der Waals surface area contributed by atoms with Crippen LogP contribution in [0.2, 0.25) is 0 Å². The molecule has 0 saturated heterocycles. The van der Waals surface area contributed by atoms with Crippen molar-refractivity contribution < 1.29 is 14.6 Å². The number of hydrogen-bond acceptors (Lipinski definition) is 4. The monoisotopic (exact) mass is 303 g/mol. The van der Waals surface area contributed by atoms with Crippen LogP contribution in [0, 0.1) is 6.92 Å². The van der Waals surface area contributed by atoms with Gasteiger partial charge in [-0.15, -0.1) is 0 Å². The molecule has 0 fully saturated rings. The Bertz CT molecular complexity index is 666. The summed E-state index contributed by atoms with van der Waals surface area (Å²) in [6, 6.07) is 7.21. The molecule has 1 aromatic heterocycles. The number of aliphatic hydroxyl groups excluding tert-OH is 1. The second-order valence-electron chi connectivity index (χ2n) is 5.24. The zero-order valence-electron chi connectivity index (χ0n) is 13.3. The Balaban J connectivity index is 2.33. The maximum atomic E-state index is 12.4. The molecule has 1 atom stereocenters. The van der Waals surface area contributed by atoms with E-state index in [0.29, 0.717) is 17.2 Å². The molecule has 1 unspecified atom stereocenters. The highest BCUT2D eigenvalue weighted by Crippen LogP contribution is 2.23. The van der Waals surface area contributed by atoms with Crippen LogP contribution < -0.4 is 4.74 Å². The second kappa shape index (κ2) is 6.62. The predicted molar refractivity (Wildman–Crippen MR) is 84.0 cm³/mol. The van der Waals surface area contributed by atoms with Gasteiger partial charge >= 0.3 is 0 Å². The summed E-state index contributed by atoms with van der Waals surface area (Å²) in [4.78, 5) is 21.5. The van der Waals surface area contributed by atoms with Crippen LogP contribution in [-0.2, 0) is 0 Å². The first kappa shape index (κ1) is 16.0. The van der Waals surface area contributed by atoms with Crippen LogP contribution in [0.3, 0.4) is 0 Å². The molecule has 1 amide bonds. The third-order valence-electron chi connectivity index (χ3n) is 3.68. The van der Waals surface area contributed by atoms with E-state index in [1.54, 1.807) is 28.0 Å². The van der Waals surface area contributed by atoms with Crippen molar-refractivity contribution in [2.24, 2.45) is 0 Å². The van der Waals surface area contributed by atoms with Crippen LogP contribution in [0.4, 0.5) is 0 Å². The number of hydrogen-bond donors (Lipinski definition) is 2. The summed E-state index contributed by atoms with van der Waals surface area (Å²) in [5.41, 5.74) is 1.90. The lowest BCUT2D eigenvalue weighted by Crippen LogP contribution is -2.37. The standard InChI is InChI=1S/C16H21N3O3/c1-10(9-20)19(3)16(21)14-11(2)17-15(18-14)12-6-5-7-13(8-12)22-4/h5-8,10,20H,9H2,1-4H3,(H,17,18). The summed E-state index contributed by atoms with van der Waals surface area (Å²) < 4.78 is 5.20. The number of imidazole rings is 1. The van der Waals surface area contributed by atoms with Gasteiger partial charge in [-0.2, -0.15) is 0 Å². The number of nitrogens with one attached hydrogen (secondary N) is 1. The molecule has 6 nitrogen and oxygen atoms in total. The molecule has 0 bridgehead atoms. The molecule has 118 valence electrons. The van der Waals surface area contributed by atoms with E-state index in [1.165, 1.54) is 4.90 Å².